The fourth-order valence-electron chi connectivity index (χ4n) is 5.81. The zero-order chi connectivity index (χ0) is 40.6. The van der Waals surface area contributed by atoms with Crippen molar-refractivity contribution in [3.05, 3.63) is 71.8 Å². The van der Waals surface area contributed by atoms with Gasteiger partial charge in [-0.1, -0.05) is 67.1 Å². The molecule has 2 fully saturated rings. The predicted octanol–water partition coefficient (Wildman–Crippen LogP) is 7.81. The van der Waals surface area contributed by atoms with Crippen molar-refractivity contribution in [2.75, 3.05) is 33.5 Å². The molecule has 2 atom stereocenters. The van der Waals surface area contributed by atoms with Crippen molar-refractivity contribution >= 4 is 35.6 Å². The first-order valence-electron chi connectivity index (χ1n) is 20.0. The Bertz CT molecular complexity index is 1400. The van der Waals surface area contributed by atoms with Crippen molar-refractivity contribution in [3.63, 3.8) is 0 Å². The van der Waals surface area contributed by atoms with E-state index in [9.17, 15) is 28.8 Å². The molecule has 0 bridgehead atoms. The fourth-order valence-corrected chi connectivity index (χ4v) is 5.81. The topological polar surface area (TPSA) is 158 Å². The predicted molar refractivity (Wildman–Crippen MR) is 209 cm³/mol. The lowest BCUT2D eigenvalue weighted by molar-refractivity contribution is -0.147. The quantitative estimate of drug-likeness (QED) is 0.0730. The van der Waals surface area contributed by atoms with Crippen molar-refractivity contribution in [2.24, 2.45) is 11.8 Å². The van der Waals surface area contributed by atoms with Crippen LogP contribution in [0.2, 0.25) is 0 Å². The number of unbranched alkanes of at least 4 members (excludes halogenated alkanes) is 2. The second-order valence-electron chi connectivity index (χ2n) is 14.1. The maximum atomic E-state index is 12.2. The number of rotatable bonds is 20. The van der Waals surface area contributed by atoms with Crippen LogP contribution in [0.5, 0.6) is 0 Å². The van der Waals surface area contributed by atoms with Gasteiger partial charge in [0.2, 0.25) is 0 Å². The van der Waals surface area contributed by atoms with E-state index >= 15 is 0 Å². The van der Waals surface area contributed by atoms with Gasteiger partial charge in [-0.3, -0.25) is 24.0 Å². The monoisotopic (exact) mass is 782 g/mol. The minimum Gasteiger partial charge on any atom is -0.466 e. The van der Waals surface area contributed by atoms with E-state index in [0.29, 0.717) is 77.8 Å². The second-order valence-corrected chi connectivity index (χ2v) is 14.1. The zero-order valence-corrected chi connectivity index (χ0v) is 33.4. The molecule has 2 aliphatic heterocycles. The maximum Gasteiger partial charge on any atom is 0.306 e. The Balaban J connectivity index is 0.000000338. The highest BCUT2D eigenvalue weighted by atomic mass is 16.5. The Morgan fingerprint density at radius 3 is 1.96 bits per heavy atom. The van der Waals surface area contributed by atoms with Crippen molar-refractivity contribution in [1.29, 1.82) is 0 Å². The number of hydrogen-bond donors (Lipinski definition) is 0. The molecule has 4 rings (SSSR count). The highest BCUT2D eigenvalue weighted by molar-refractivity contribution is 5.75. The van der Waals surface area contributed by atoms with Crippen LogP contribution in [0.15, 0.2) is 60.7 Å². The lowest BCUT2D eigenvalue weighted by Gasteiger charge is -2.16. The Morgan fingerprint density at radius 1 is 0.661 bits per heavy atom. The molecule has 2 aromatic rings. The van der Waals surface area contributed by atoms with E-state index in [2.05, 4.69) is 0 Å². The van der Waals surface area contributed by atoms with E-state index in [1.807, 2.05) is 60.7 Å². The summed E-state index contributed by atoms with van der Waals surface area (Å²) in [7, 11) is 1.66. The van der Waals surface area contributed by atoms with E-state index in [1.165, 1.54) is 6.92 Å². The minimum atomic E-state index is -0.299. The molecular weight excluding hydrogens is 720 g/mol. The van der Waals surface area contributed by atoms with Crippen LogP contribution in [0.25, 0.3) is 0 Å². The molecule has 2 unspecified atom stereocenters. The minimum absolute atomic E-state index is 0.0255. The van der Waals surface area contributed by atoms with Gasteiger partial charge in [-0.05, 0) is 87.7 Å². The molecule has 2 aromatic carbocycles. The van der Waals surface area contributed by atoms with Gasteiger partial charge < -0.3 is 33.2 Å². The van der Waals surface area contributed by atoms with Crippen molar-refractivity contribution < 1.29 is 57.2 Å². The second kappa shape index (κ2) is 30.6. The number of hydrogen-bond acceptors (Lipinski definition) is 12. The normalized spacial score (nSPS) is 15.7. The molecule has 0 aromatic heterocycles. The molecule has 0 radical (unpaired) electrons. The molecule has 0 saturated carbocycles. The lowest BCUT2D eigenvalue weighted by Crippen LogP contribution is -2.16. The first kappa shape index (κ1) is 47.6. The Morgan fingerprint density at radius 2 is 1.30 bits per heavy atom. The summed E-state index contributed by atoms with van der Waals surface area (Å²) in [4.78, 5) is 68.6. The highest BCUT2D eigenvalue weighted by Crippen LogP contribution is 2.21. The number of esters is 5. The fraction of sp³-hybridized carbons (Fsp3) is 0.591. The smallest absolute Gasteiger partial charge is 0.306 e. The summed E-state index contributed by atoms with van der Waals surface area (Å²) in [5.41, 5.74) is 1.91. The SMILES string of the molecule is COCCCCCC(=O)OCCC(CCC(C)=O)CC(=O)OCc1ccccc1.O=C1CCC(CC(=O)OCc2ccccc2)CCO1.O=C1CCCCCO1. The van der Waals surface area contributed by atoms with Gasteiger partial charge in [-0.2, -0.15) is 0 Å². The van der Waals surface area contributed by atoms with Crippen molar-refractivity contribution in [1.82, 2.24) is 0 Å². The highest BCUT2D eigenvalue weighted by Gasteiger charge is 2.21. The van der Waals surface area contributed by atoms with Crippen LogP contribution in [0.1, 0.15) is 121 Å². The molecule has 0 amide bonds. The number of methoxy groups -OCH3 is 1. The van der Waals surface area contributed by atoms with Gasteiger partial charge in [0, 0.05) is 52.2 Å². The molecule has 0 spiro atoms. The molecule has 0 N–H and O–H groups in total. The molecule has 2 saturated heterocycles. The summed E-state index contributed by atoms with van der Waals surface area (Å²) >= 11 is 0. The van der Waals surface area contributed by atoms with Crippen LogP contribution >= 0.6 is 0 Å². The average Bonchev–Trinajstić information content (AvgIpc) is 3.57. The van der Waals surface area contributed by atoms with Gasteiger partial charge in [-0.15, -0.1) is 0 Å². The molecule has 12 heteroatoms. The number of ether oxygens (including phenoxy) is 6. The third-order valence-electron chi connectivity index (χ3n) is 9.15. The van der Waals surface area contributed by atoms with E-state index in [0.717, 1.165) is 56.1 Å². The summed E-state index contributed by atoms with van der Waals surface area (Å²) in [5.74, 6) is -0.691. The summed E-state index contributed by atoms with van der Waals surface area (Å²) in [6, 6.07) is 19.1. The maximum absolute atomic E-state index is 12.2. The lowest BCUT2D eigenvalue weighted by atomic mass is 9.95. The molecule has 56 heavy (non-hydrogen) atoms. The van der Waals surface area contributed by atoms with Gasteiger partial charge in [0.05, 0.1) is 19.8 Å². The first-order chi connectivity index (χ1) is 27.1. The van der Waals surface area contributed by atoms with Gasteiger partial charge in [0.1, 0.15) is 19.0 Å². The summed E-state index contributed by atoms with van der Waals surface area (Å²) in [6.07, 6.45) is 10.8. The van der Waals surface area contributed by atoms with Crippen LogP contribution < -0.4 is 0 Å². The summed E-state index contributed by atoms with van der Waals surface area (Å²) in [5, 5.41) is 0. The third-order valence-corrected chi connectivity index (χ3v) is 9.15. The van der Waals surface area contributed by atoms with Crippen LogP contribution in [-0.2, 0) is 70.4 Å². The number of Topliss-reactive ketones (excluding diaryl/α,β-unsaturated/α-hetero) is 1. The first-order valence-corrected chi connectivity index (χ1v) is 20.0. The van der Waals surface area contributed by atoms with Gasteiger partial charge in [0.15, 0.2) is 0 Å². The van der Waals surface area contributed by atoms with Crippen molar-refractivity contribution in [3.8, 4) is 0 Å². The molecule has 12 nitrogen and oxygen atoms in total. The number of cyclic esters (lactones) is 2. The standard InChI is InChI=1S/C23H34O6.C15H18O4.C6H10O2/c1-19(24)12-13-20(14-16-28-22(25)11-7-4-8-15-27-2)17-23(26)29-18-21-9-5-3-6-10-21;16-14-7-6-12(8-9-18-14)10-15(17)19-11-13-4-2-1-3-5-13;7-6-4-2-1-3-5-8-6/h3,5-6,9-10,20H,4,7-8,11-18H2,1-2H3;1-5,12H,6-11H2;1-5H2. The number of benzene rings is 2. The molecular formula is C44H62O12. The summed E-state index contributed by atoms with van der Waals surface area (Å²) in [6.45, 7) is 4.08. The molecule has 0 aliphatic carbocycles. The van der Waals surface area contributed by atoms with E-state index in [1.54, 1.807) is 7.11 Å². The Kier molecular flexibility index (Phi) is 26.0. The Labute approximate surface area is 332 Å². The van der Waals surface area contributed by atoms with Crippen LogP contribution in [-0.4, -0.2) is 69.2 Å². The summed E-state index contributed by atoms with van der Waals surface area (Å²) < 4.78 is 30.6. The number of carbonyl (C=O) groups is 6. The van der Waals surface area contributed by atoms with E-state index in [-0.39, 0.29) is 67.1 Å². The largest absolute Gasteiger partial charge is 0.466 e. The van der Waals surface area contributed by atoms with Crippen LogP contribution in [0.3, 0.4) is 0 Å². The molecule has 2 heterocycles. The molecule has 310 valence electrons. The van der Waals surface area contributed by atoms with Crippen molar-refractivity contribution in [2.45, 2.75) is 123 Å². The Hall–Kier alpha value is -4.58. The number of ketones is 1. The van der Waals surface area contributed by atoms with Crippen LogP contribution in [0.4, 0.5) is 0 Å². The van der Waals surface area contributed by atoms with Gasteiger partial charge in [0.25, 0.3) is 0 Å². The number of carbonyl (C=O) groups excluding carboxylic acids is 6. The zero-order valence-electron chi connectivity index (χ0n) is 33.4. The van der Waals surface area contributed by atoms with E-state index in [4.69, 9.17) is 28.4 Å². The van der Waals surface area contributed by atoms with Crippen LogP contribution in [0, 0.1) is 11.8 Å². The third kappa shape index (κ3) is 25.5. The van der Waals surface area contributed by atoms with E-state index < -0.39 is 0 Å². The average molecular weight is 783 g/mol. The van der Waals surface area contributed by atoms with Gasteiger partial charge in [-0.25, -0.2) is 0 Å². The molecule has 2 aliphatic rings. The van der Waals surface area contributed by atoms with Gasteiger partial charge >= 0.3 is 29.8 Å².